The van der Waals surface area contributed by atoms with Crippen LogP contribution < -0.4 is 0 Å². The molecule has 1 saturated heterocycles. The molecule has 7 unspecified atom stereocenters. The van der Waals surface area contributed by atoms with Gasteiger partial charge in [0.2, 0.25) is 0 Å². The van der Waals surface area contributed by atoms with Gasteiger partial charge in [0.05, 0.1) is 17.3 Å². The predicted molar refractivity (Wildman–Crippen MR) is 124 cm³/mol. The van der Waals surface area contributed by atoms with Crippen molar-refractivity contribution in [1.82, 2.24) is 9.88 Å². The van der Waals surface area contributed by atoms with E-state index in [0.29, 0.717) is 31.3 Å². The number of alkyl halides is 3. The maximum atomic E-state index is 14.7. The van der Waals surface area contributed by atoms with Crippen LogP contribution in [0.15, 0.2) is 53.4 Å². The van der Waals surface area contributed by atoms with Crippen LogP contribution in [0.1, 0.15) is 44.6 Å². The normalized spacial score (nSPS) is 42.4. The largest absolute Gasteiger partial charge is 0.413 e. The highest BCUT2D eigenvalue weighted by molar-refractivity contribution is 5.74. The van der Waals surface area contributed by atoms with Crippen LogP contribution in [0.2, 0.25) is 0 Å². The van der Waals surface area contributed by atoms with Gasteiger partial charge in [0.25, 0.3) is 0 Å². The number of aliphatic hydroxyl groups excluding tert-OH is 2. The lowest BCUT2D eigenvalue weighted by atomic mass is 9.56. The van der Waals surface area contributed by atoms with Crippen molar-refractivity contribution in [3.05, 3.63) is 59.0 Å². The van der Waals surface area contributed by atoms with Crippen LogP contribution >= 0.6 is 0 Å². The standard InChI is InChI=1S/C27H31F3N2O3/c1-24-12-19(27(28,29)30)17-11-18-22(33)23(34)20(32(2)3)13-25(18)8-9-26(17,35-25)21(24)7-6-16(24)15-5-4-10-31-14-15/h4-6,10-11,14,20-23,33-34H,7-9,12-13H2,1-3H3. The Morgan fingerprint density at radius 1 is 1.20 bits per heavy atom. The van der Waals surface area contributed by atoms with E-state index in [1.54, 1.807) is 18.5 Å². The molecule has 0 amide bonds. The molecule has 1 saturated carbocycles. The molecule has 0 radical (unpaired) electrons. The summed E-state index contributed by atoms with van der Waals surface area (Å²) in [5.41, 5.74) is -0.988. The third-order valence-corrected chi connectivity index (χ3v) is 9.49. The van der Waals surface area contributed by atoms with E-state index in [-0.39, 0.29) is 24.0 Å². The average molecular weight is 489 g/mol. The summed E-state index contributed by atoms with van der Waals surface area (Å²) in [5, 5.41) is 21.9. The molecule has 188 valence electrons. The number of aromatic nitrogens is 1. The van der Waals surface area contributed by atoms with Gasteiger partial charge in [0.15, 0.2) is 0 Å². The second-order valence-electron chi connectivity index (χ2n) is 11.4. The number of hydrogen-bond donors (Lipinski definition) is 2. The highest BCUT2D eigenvalue weighted by atomic mass is 19.4. The van der Waals surface area contributed by atoms with Crippen molar-refractivity contribution in [2.24, 2.45) is 11.3 Å². The van der Waals surface area contributed by atoms with Crippen LogP contribution in [0, 0.1) is 11.3 Å². The minimum Gasteiger partial charge on any atom is -0.388 e. The molecule has 5 aliphatic rings. The lowest BCUT2D eigenvalue weighted by Gasteiger charge is -2.56. The van der Waals surface area contributed by atoms with Crippen LogP contribution in [0.5, 0.6) is 0 Å². The topological polar surface area (TPSA) is 65.8 Å². The van der Waals surface area contributed by atoms with E-state index in [1.165, 1.54) is 0 Å². The van der Waals surface area contributed by atoms with Gasteiger partial charge in [-0.05, 0) is 74.5 Å². The van der Waals surface area contributed by atoms with Gasteiger partial charge in [-0.2, -0.15) is 13.2 Å². The van der Waals surface area contributed by atoms with Crippen LogP contribution in [-0.2, 0) is 4.74 Å². The van der Waals surface area contributed by atoms with E-state index >= 15 is 0 Å². The first-order valence-electron chi connectivity index (χ1n) is 12.3. The summed E-state index contributed by atoms with van der Waals surface area (Å²) in [6, 6.07) is 3.37. The second kappa shape index (κ2) is 7.28. The second-order valence-corrected chi connectivity index (χ2v) is 11.4. The van der Waals surface area contributed by atoms with Crippen molar-refractivity contribution in [3.8, 4) is 0 Å². The summed E-state index contributed by atoms with van der Waals surface area (Å²) in [4.78, 5) is 6.08. The maximum absolute atomic E-state index is 14.7. The first-order valence-corrected chi connectivity index (χ1v) is 12.3. The zero-order valence-corrected chi connectivity index (χ0v) is 20.1. The quantitative estimate of drug-likeness (QED) is 0.658. The van der Waals surface area contributed by atoms with E-state index in [4.69, 9.17) is 4.74 Å². The number of aliphatic hydroxyl groups is 2. The fourth-order valence-corrected chi connectivity index (χ4v) is 7.90. The van der Waals surface area contributed by atoms with Crippen molar-refractivity contribution in [1.29, 1.82) is 0 Å². The van der Waals surface area contributed by atoms with E-state index in [2.05, 4.69) is 11.1 Å². The number of likely N-dealkylation sites (N-methyl/N-ethyl adjacent to an activating group) is 1. The maximum Gasteiger partial charge on any atom is 0.413 e. The molecule has 6 rings (SSSR count). The zero-order valence-electron chi connectivity index (χ0n) is 20.1. The van der Waals surface area contributed by atoms with Gasteiger partial charge in [0.1, 0.15) is 6.10 Å². The van der Waals surface area contributed by atoms with Gasteiger partial charge in [-0.1, -0.05) is 25.1 Å². The number of rotatable bonds is 2. The van der Waals surface area contributed by atoms with Crippen molar-refractivity contribution in [2.75, 3.05) is 14.1 Å². The summed E-state index contributed by atoms with van der Waals surface area (Å²) in [7, 11) is 3.68. The van der Waals surface area contributed by atoms with Crippen molar-refractivity contribution >= 4 is 5.57 Å². The molecule has 8 heteroatoms. The summed E-state index contributed by atoms with van der Waals surface area (Å²) in [5.74, 6) is -0.162. The molecule has 2 aliphatic heterocycles. The van der Waals surface area contributed by atoms with Gasteiger partial charge in [-0.15, -0.1) is 0 Å². The molecule has 3 aliphatic carbocycles. The van der Waals surface area contributed by atoms with E-state index in [1.807, 2.05) is 38.1 Å². The van der Waals surface area contributed by atoms with Crippen molar-refractivity contribution in [2.45, 2.75) is 74.7 Å². The molecule has 5 nitrogen and oxygen atoms in total. The number of pyridine rings is 1. The molecular weight excluding hydrogens is 457 g/mol. The van der Waals surface area contributed by atoms with Gasteiger partial charge in [-0.3, -0.25) is 4.98 Å². The van der Waals surface area contributed by atoms with Crippen LogP contribution in [0.4, 0.5) is 13.2 Å². The summed E-state index contributed by atoms with van der Waals surface area (Å²) < 4.78 is 50.9. The fourth-order valence-electron chi connectivity index (χ4n) is 7.90. The minimum atomic E-state index is -4.54. The molecule has 7 atom stereocenters. The Bertz CT molecular complexity index is 1160. The van der Waals surface area contributed by atoms with Crippen molar-refractivity contribution in [3.63, 3.8) is 0 Å². The molecule has 2 spiro atoms. The number of ether oxygens (including phenoxy) is 1. The number of nitrogens with zero attached hydrogens (tertiary/aromatic N) is 2. The Kier molecular flexibility index (Phi) is 4.87. The lowest BCUT2D eigenvalue weighted by molar-refractivity contribution is -0.170. The Labute approximate surface area is 203 Å². The van der Waals surface area contributed by atoms with Crippen LogP contribution in [0.25, 0.3) is 5.57 Å². The Morgan fingerprint density at radius 3 is 2.63 bits per heavy atom. The molecule has 35 heavy (non-hydrogen) atoms. The molecular formula is C27H31F3N2O3. The number of fused-ring (bicyclic) bond motifs is 1. The Hall–Kier alpha value is -2.00. The SMILES string of the molecule is CN(C)C1CC23CCC4(O2)C(=C(C(F)(F)F)CC2(C)C(c5cccnc5)=CCC24)C=C3C(O)C1O. The molecule has 3 heterocycles. The smallest absolute Gasteiger partial charge is 0.388 e. The molecule has 1 aromatic rings. The van der Waals surface area contributed by atoms with Gasteiger partial charge in [0, 0.05) is 35.3 Å². The molecule has 2 fully saturated rings. The predicted octanol–water partition coefficient (Wildman–Crippen LogP) is 4.04. The van der Waals surface area contributed by atoms with Crippen molar-refractivity contribution < 1.29 is 28.1 Å². The van der Waals surface area contributed by atoms with Gasteiger partial charge >= 0.3 is 6.18 Å². The van der Waals surface area contributed by atoms with E-state index in [9.17, 15) is 23.4 Å². The molecule has 2 bridgehead atoms. The van der Waals surface area contributed by atoms with E-state index in [0.717, 1.165) is 11.1 Å². The van der Waals surface area contributed by atoms with Gasteiger partial charge in [-0.25, -0.2) is 0 Å². The fraction of sp³-hybridized carbons (Fsp3) is 0.593. The number of allylic oxidation sites excluding steroid dienone is 3. The first-order chi connectivity index (χ1) is 16.4. The van der Waals surface area contributed by atoms with Crippen LogP contribution in [-0.4, -0.2) is 69.8 Å². The number of halogens is 3. The zero-order chi connectivity index (χ0) is 25.0. The number of hydrogen-bond acceptors (Lipinski definition) is 5. The molecule has 2 N–H and O–H groups in total. The van der Waals surface area contributed by atoms with Gasteiger partial charge < -0.3 is 19.8 Å². The highest BCUT2D eigenvalue weighted by Crippen LogP contribution is 2.70. The molecule has 1 aromatic heterocycles. The Morgan fingerprint density at radius 2 is 1.97 bits per heavy atom. The summed E-state index contributed by atoms with van der Waals surface area (Å²) >= 11 is 0. The minimum absolute atomic E-state index is 0.155. The monoisotopic (exact) mass is 488 g/mol. The third kappa shape index (κ3) is 3.00. The first kappa shape index (κ1) is 23.4. The highest BCUT2D eigenvalue weighted by Gasteiger charge is 2.69. The average Bonchev–Trinajstić information content (AvgIpc) is 3.31. The molecule has 0 aromatic carbocycles. The third-order valence-electron chi connectivity index (χ3n) is 9.49. The summed E-state index contributed by atoms with van der Waals surface area (Å²) in [6.07, 6.45) is 2.01. The van der Waals surface area contributed by atoms with E-state index < -0.39 is 40.6 Å². The summed E-state index contributed by atoms with van der Waals surface area (Å²) in [6.45, 7) is 1.94. The Balaban J connectivity index is 1.54. The van der Waals surface area contributed by atoms with Crippen LogP contribution in [0.3, 0.4) is 0 Å². The lowest BCUT2D eigenvalue weighted by Crippen LogP contribution is -2.62.